The number of aliphatic hydroxyl groups is 1. The van der Waals surface area contributed by atoms with Gasteiger partial charge in [0.1, 0.15) is 5.72 Å². The maximum absolute atomic E-state index is 10.8. The Morgan fingerprint density at radius 1 is 1.38 bits per heavy atom. The standard InChI is InChI=1S/C16H25NO3.BrH/c1-3-4-5-10(2)12-7-6-11-13(16(12,17)20)8-9-14(18)15(11)19;/h8-10,12,18-20H,3-7,17H2,1-2H3;1H. The lowest BCUT2D eigenvalue weighted by Gasteiger charge is -2.42. The molecule has 2 rings (SSSR count). The summed E-state index contributed by atoms with van der Waals surface area (Å²) in [5.74, 6) is 0.00241. The molecule has 5 heteroatoms. The van der Waals surface area contributed by atoms with Gasteiger partial charge in [0.2, 0.25) is 0 Å². The molecule has 1 aromatic carbocycles. The van der Waals surface area contributed by atoms with E-state index in [2.05, 4.69) is 13.8 Å². The normalized spacial score (nSPS) is 25.8. The average Bonchev–Trinajstić information content (AvgIpc) is 2.40. The Morgan fingerprint density at radius 2 is 2.05 bits per heavy atom. The van der Waals surface area contributed by atoms with Crippen LogP contribution in [0.5, 0.6) is 11.5 Å². The van der Waals surface area contributed by atoms with Crippen LogP contribution in [0.4, 0.5) is 0 Å². The molecule has 120 valence electrons. The molecule has 0 spiro atoms. The van der Waals surface area contributed by atoms with Crippen LogP contribution >= 0.6 is 17.0 Å². The molecule has 3 unspecified atom stereocenters. The first kappa shape index (κ1) is 18.3. The molecule has 3 atom stereocenters. The molecule has 1 aliphatic rings. The van der Waals surface area contributed by atoms with Gasteiger partial charge in [0.25, 0.3) is 0 Å². The van der Waals surface area contributed by atoms with Crippen molar-refractivity contribution < 1.29 is 15.3 Å². The smallest absolute Gasteiger partial charge is 0.161 e. The lowest BCUT2D eigenvalue weighted by atomic mass is 9.70. The van der Waals surface area contributed by atoms with Gasteiger partial charge in [0.15, 0.2) is 11.5 Å². The van der Waals surface area contributed by atoms with E-state index in [0.717, 1.165) is 25.7 Å². The Bertz CT molecular complexity index is 491. The van der Waals surface area contributed by atoms with Crippen LogP contribution in [0.1, 0.15) is 50.7 Å². The molecule has 1 aromatic rings. The molecular weight excluding hydrogens is 334 g/mol. The van der Waals surface area contributed by atoms with E-state index in [1.807, 2.05) is 0 Å². The predicted octanol–water partition coefficient (Wildman–Crippen LogP) is 3.17. The highest BCUT2D eigenvalue weighted by molar-refractivity contribution is 8.93. The molecule has 0 heterocycles. The molecule has 0 bridgehead atoms. The van der Waals surface area contributed by atoms with E-state index in [9.17, 15) is 15.3 Å². The fourth-order valence-corrected chi connectivity index (χ4v) is 3.42. The van der Waals surface area contributed by atoms with E-state index < -0.39 is 5.72 Å². The maximum atomic E-state index is 10.8. The van der Waals surface area contributed by atoms with E-state index in [-0.39, 0.29) is 34.4 Å². The number of hydrogen-bond donors (Lipinski definition) is 4. The van der Waals surface area contributed by atoms with Crippen LogP contribution in [0.15, 0.2) is 12.1 Å². The van der Waals surface area contributed by atoms with Crippen LogP contribution in [-0.4, -0.2) is 15.3 Å². The third kappa shape index (κ3) is 3.35. The number of unbranched alkanes of at least 4 members (excludes halogenated alkanes) is 1. The number of aromatic hydroxyl groups is 2. The van der Waals surface area contributed by atoms with Gasteiger partial charge in [-0.05, 0) is 24.8 Å². The lowest BCUT2D eigenvalue weighted by molar-refractivity contribution is -0.0538. The summed E-state index contributed by atoms with van der Waals surface area (Å²) in [5.41, 5.74) is 5.88. The zero-order valence-electron chi connectivity index (χ0n) is 12.7. The lowest BCUT2D eigenvalue weighted by Crippen LogP contribution is -2.49. The molecule has 21 heavy (non-hydrogen) atoms. The summed E-state index contributed by atoms with van der Waals surface area (Å²) >= 11 is 0. The van der Waals surface area contributed by atoms with Gasteiger partial charge in [-0.15, -0.1) is 17.0 Å². The minimum atomic E-state index is -1.44. The summed E-state index contributed by atoms with van der Waals surface area (Å²) in [5, 5.41) is 30.2. The van der Waals surface area contributed by atoms with Crippen LogP contribution in [0.2, 0.25) is 0 Å². The van der Waals surface area contributed by atoms with Gasteiger partial charge in [0, 0.05) is 17.0 Å². The zero-order valence-corrected chi connectivity index (χ0v) is 14.4. The molecule has 0 aliphatic heterocycles. The molecule has 0 fully saturated rings. The minimum absolute atomic E-state index is 0. The van der Waals surface area contributed by atoms with E-state index in [1.54, 1.807) is 6.07 Å². The highest BCUT2D eigenvalue weighted by Crippen LogP contribution is 2.46. The molecule has 5 N–H and O–H groups in total. The first-order valence-electron chi connectivity index (χ1n) is 7.45. The van der Waals surface area contributed by atoms with E-state index in [1.165, 1.54) is 6.07 Å². The zero-order chi connectivity index (χ0) is 14.9. The largest absolute Gasteiger partial charge is 0.504 e. The van der Waals surface area contributed by atoms with Crippen molar-refractivity contribution in [2.24, 2.45) is 17.6 Å². The third-order valence-electron chi connectivity index (χ3n) is 4.66. The van der Waals surface area contributed by atoms with Crippen LogP contribution < -0.4 is 5.73 Å². The van der Waals surface area contributed by atoms with Crippen molar-refractivity contribution in [3.05, 3.63) is 23.3 Å². The molecule has 0 saturated heterocycles. The summed E-state index contributed by atoms with van der Waals surface area (Å²) in [6, 6.07) is 3.02. The predicted molar refractivity (Wildman–Crippen MR) is 88.7 cm³/mol. The van der Waals surface area contributed by atoms with Crippen molar-refractivity contribution in [1.82, 2.24) is 0 Å². The number of halogens is 1. The van der Waals surface area contributed by atoms with Gasteiger partial charge in [-0.2, -0.15) is 0 Å². The summed E-state index contributed by atoms with van der Waals surface area (Å²) in [6.07, 6.45) is 4.66. The number of phenolic OH excluding ortho intramolecular Hbond substituents is 2. The number of nitrogens with two attached hydrogens (primary N) is 1. The number of hydrogen-bond acceptors (Lipinski definition) is 4. The molecule has 0 amide bonds. The monoisotopic (exact) mass is 359 g/mol. The number of benzene rings is 1. The van der Waals surface area contributed by atoms with Crippen molar-refractivity contribution in [3.8, 4) is 11.5 Å². The van der Waals surface area contributed by atoms with Crippen LogP contribution in [-0.2, 0) is 12.1 Å². The second kappa shape index (κ2) is 6.99. The quantitative estimate of drug-likeness (QED) is 0.491. The highest BCUT2D eigenvalue weighted by atomic mass is 79.9. The van der Waals surface area contributed by atoms with Crippen molar-refractivity contribution >= 4 is 17.0 Å². The Balaban J connectivity index is 0.00000220. The number of rotatable bonds is 4. The van der Waals surface area contributed by atoms with E-state index >= 15 is 0 Å². The van der Waals surface area contributed by atoms with Gasteiger partial charge in [-0.3, -0.25) is 5.73 Å². The van der Waals surface area contributed by atoms with E-state index in [0.29, 0.717) is 23.5 Å². The SMILES string of the molecule is Br.CCCCC(C)C1CCc2c(ccc(O)c2O)C1(N)O. The number of phenols is 2. The maximum Gasteiger partial charge on any atom is 0.161 e. The summed E-state index contributed by atoms with van der Waals surface area (Å²) < 4.78 is 0. The van der Waals surface area contributed by atoms with Crippen molar-refractivity contribution in [1.29, 1.82) is 0 Å². The summed E-state index contributed by atoms with van der Waals surface area (Å²) in [4.78, 5) is 0. The van der Waals surface area contributed by atoms with Gasteiger partial charge >= 0.3 is 0 Å². The fraction of sp³-hybridized carbons (Fsp3) is 0.625. The van der Waals surface area contributed by atoms with Crippen molar-refractivity contribution in [3.63, 3.8) is 0 Å². The van der Waals surface area contributed by atoms with Gasteiger partial charge in [-0.1, -0.05) is 39.2 Å². The Morgan fingerprint density at radius 3 is 2.67 bits per heavy atom. The summed E-state index contributed by atoms with van der Waals surface area (Å²) in [6.45, 7) is 4.28. The third-order valence-corrected chi connectivity index (χ3v) is 4.66. The van der Waals surface area contributed by atoms with Gasteiger partial charge < -0.3 is 15.3 Å². The molecule has 1 aliphatic carbocycles. The highest BCUT2D eigenvalue weighted by Gasteiger charge is 2.43. The fourth-order valence-electron chi connectivity index (χ4n) is 3.42. The van der Waals surface area contributed by atoms with Gasteiger partial charge in [0.05, 0.1) is 0 Å². The van der Waals surface area contributed by atoms with Gasteiger partial charge in [-0.25, -0.2) is 0 Å². The average molecular weight is 360 g/mol. The summed E-state index contributed by atoms with van der Waals surface area (Å²) in [7, 11) is 0. The Labute approximate surface area is 136 Å². The second-order valence-electron chi connectivity index (χ2n) is 6.05. The van der Waals surface area contributed by atoms with Crippen molar-refractivity contribution in [2.45, 2.75) is 51.7 Å². The van der Waals surface area contributed by atoms with E-state index in [4.69, 9.17) is 5.73 Å². The molecule has 0 saturated carbocycles. The Hall–Kier alpha value is -0.780. The van der Waals surface area contributed by atoms with Crippen molar-refractivity contribution in [2.75, 3.05) is 0 Å². The first-order valence-corrected chi connectivity index (χ1v) is 7.45. The number of fused-ring (bicyclic) bond motifs is 1. The Kier molecular flexibility index (Phi) is 6.08. The van der Waals surface area contributed by atoms with Crippen LogP contribution in [0, 0.1) is 11.8 Å². The molecule has 0 radical (unpaired) electrons. The first-order chi connectivity index (χ1) is 9.39. The molecule has 4 nitrogen and oxygen atoms in total. The van der Waals surface area contributed by atoms with Crippen LogP contribution in [0.25, 0.3) is 0 Å². The molecule has 0 aromatic heterocycles. The van der Waals surface area contributed by atoms with Crippen LogP contribution in [0.3, 0.4) is 0 Å². The molecular formula is C16H26BrNO3. The second-order valence-corrected chi connectivity index (χ2v) is 6.05. The topological polar surface area (TPSA) is 86.7 Å². The minimum Gasteiger partial charge on any atom is -0.504 e.